The average molecular weight is 276 g/mol. The van der Waals surface area contributed by atoms with E-state index in [1.807, 2.05) is 12.1 Å². The smallest absolute Gasteiger partial charge is 0.136 e. The third-order valence-electron chi connectivity index (χ3n) is 2.98. The lowest BCUT2D eigenvalue weighted by Gasteiger charge is -2.09. The van der Waals surface area contributed by atoms with Gasteiger partial charge in [-0.2, -0.15) is 5.26 Å². The highest BCUT2D eigenvalue weighted by atomic mass is 16.5. The number of rotatable bonds is 9. The molecule has 0 aliphatic rings. The highest BCUT2D eigenvalue weighted by Crippen LogP contribution is 2.18. The zero-order valence-electron chi connectivity index (χ0n) is 12.6. The van der Waals surface area contributed by atoms with Crippen LogP contribution in [0.4, 0.5) is 0 Å². The molecule has 1 N–H and O–H groups in total. The van der Waals surface area contributed by atoms with Gasteiger partial charge in [0.05, 0.1) is 19.3 Å². The maximum Gasteiger partial charge on any atom is 0.136 e. The Labute approximate surface area is 121 Å². The fourth-order valence-corrected chi connectivity index (χ4v) is 1.74. The molecule has 0 aromatic heterocycles. The number of nitriles is 1. The number of methoxy groups -OCH3 is 1. The Morgan fingerprint density at radius 2 is 2.10 bits per heavy atom. The van der Waals surface area contributed by atoms with Crippen LogP contribution in [-0.4, -0.2) is 26.9 Å². The SMILES string of the molecule is COc1cc(CNCCOCCC(C)C)ccc1C#N. The molecule has 1 aromatic rings. The Kier molecular flexibility index (Phi) is 7.71. The summed E-state index contributed by atoms with van der Waals surface area (Å²) in [4.78, 5) is 0. The van der Waals surface area contributed by atoms with Gasteiger partial charge < -0.3 is 14.8 Å². The van der Waals surface area contributed by atoms with Crippen molar-refractivity contribution in [3.63, 3.8) is 0 Å². The monoisotopic (exact) mass is 276 g/mol. The minimum atomic E-state index is 0.563. The lowest BCUT2D eigenvalue weighted by atomic mass is 10.1. The standard InChI is InChI=1S/C16H24N2O2/c1-13(2)6-8-20-9-7-18-12-14-4-5-15(11-17)16(10-14)19-3/h4-5,10,13,18H,6-9,12H2,1-3H3. The van der Waals surface area contributed by atoms with E-state index in [0.717, 1.165) is 38.3 Å². The van der Waals surface area contributed by atoms with Crippen molar-refractivity contribution in [1.29, 1.82) is 5.26 Å². The number of nitrogens with zero attached hydrogens (tertiary/aromatic N) is 1. The van der Waals surface area contributed by atoms with Crippen molar-refractivity contribution in [2.75, 3.05) is 26.9 Å². The highest BCUT2D eigenvalue weighted by Gasteiger charge is 2.03. The topological polar surface area (TPSA) is 54.3 Å². The van der Waals surface area contributed by atoms with E-state index in [4.69, 9.17) is 14.7 Å². The van der Waals surface area contributed by atoms with Crippen molar-refractivity contribution in [2.24, 2.45) is 5.92 Å². The van der Waals surface area contributed by atoms with E-state index in [0.29, 0.717) is 17.2 Å². The van der Waals surface area contributed by atoms with Gasteiger partial charge >= 0.3 is 0 Å². The zero-order valence-corrected chi connectivity index (χ0v) is 12.6. The maximum absolute atomic E-state index is 8.91. The van der Waals surface area contributed by atoms with E-state index in [9.17, 15) is 0 Å². The van der Waals surface area contributed by atoms with Crippen molar-refractivity contribution in [3.8, 4) is 11.8 Å². The van der Waals surface area contributed by atoms with Crippen LogP contribution in [0.1, 0.15) is 31.4 Å². The zero-order chi connectivity index (χ0) is 14.8. The quantitative estimate of drug-likeness (QED) is 0.705. The van der Waals surface area contributed by atoms with Crippen LogP contribution >= 0.6 is 0 Å². The van der Waals surface area contributed by atoms with Gasteiger partial charge in [0.15, 0.2) is 0 Å². The van der Waals surface area contributed by atoms with Gasteiger partial charge in [-0.25, -0.2) is 0 Å². The fraction of sp³-hybridized carbons (Fsp3) is 0.562. The summed E-state index contributed by atoms with van der Waals surface area (Å²) in [7, 11) is 1.58. The van der Waals surface area contributed by atoms with Crippen LogP contribution in [0.15, 0.2) is 18.2 Å². The molecule has 0 aliphatic heterocycles. The molecule has 20 heavy (non-hydrogen) atoms. The summed E-state index contributed by atoms with van der Waals surface area (Å²) < 4.78 is 10.7. The van der Waals surface area contributed by atoms with E-state index in [2.05, 4.69) is 25.2 Å². The molecule has 0 saturated heterocycles. The van der Waals surface area contributed by atoms with Crippen molar-refractivity contribution < 1.29 is 9.47 Å². The van der Waals surface area contributed by atoms with E-state index in [1.165, 1.54) is 0 Å². The van der Waals surface area contributed by atoms with Gasteiger partial charge in [-0.15, -0.1) is 0 Å². The van der Waals surface area contributed by atoms with Gasteiger partial charge in [0, 0.05) is 19.7 Å². The van der Waals surface area contributed by atoms with E-state index in [1.54, 1.807) is 13.2 Å². The molecule has 4 nitrogen and oxygen atoms in total. The molecule has 0 spiro atoms. The summed E-state index contributed by atoms with van der Waals surface area (Å²) in [5.74, 6) is 1.31. The summed E-state index contributed by atoms with van der Waals surface area (Å²) in [6.07, 6.45) is 1.10. The van der Waals surface area contributed by atoms with Gasteiger partial charge in [-0.05, 0) is 30.0 Å². The van der Waals surface area contributed by atoms with Gasteiger partial charge in [-0.1, -0.05) is 19.9 Å². The van der Waals surface area contributed by atoms with Gasteiger partial charge in [0.1, 0.15) is 11.8 Å². The maximum atomic E-state index is 8.91. The Bertz CT molecular complexity index is 439. The molecule has 0 unspecified atom stereocenters. The van der Waals surface area contributed by atoms with Crippen LogP contribution in [0, 0.1) is 17.2 Å². The van der Waals surface area contributed by atoms with E-state index < -0.39 is 0 Å². The van der Waals surface area contributed by atoms with Gasteiger partial charge in [0.2, 0.25) is 0 Å². The molecular weight excluding hydrogens is 252 g/mol. The molecule has 0 saturated carbocycles. The van der Waals surface area contributed by atoms with Gasteiger partial charge in [0.25, 0.3) is 0 Å². The second-order valence-corrected chi connectivity index (χ2v) is 5.12. The summed E-state index contributed by atoms with van der Waals surface area (Å²) >= 11 is 0. The molecule has 0 fully saturated rings. The van der Waals surface area contributed by atoms with Crippen molar-refractivity contribution in [3.05, 3.63) is 29.3 Å². The first-order valence-corrected chi connectivity index (χ1v) is 7.02. The van der Waals surface area contributed by atoms with Crippen molar-refractivity contribution in [1.82, 2.24) is 5.32 Å². The van der Waals surface area contributed by atoms with Crippen molar-refractivity contribution >= 4 is 0 Å². The Morgan fingerprint density at radius 3 is 2.75 bits per heavy atom. The predicted octanol–water partition coefficient (Wildman–Crippen LogP) is 2.72. The third kappa shape index (κ3) is 6.05. The fourth-order valence-electron chi connectivity index (χ4n) is 1.74. The van der Waals surface area contributed by atoms with Crippen molar-refractivity contribution in [2.45, 2.75) is 26.8 Å². The summed E-state index contributed by atoms with van der Waals surface area (Å²) in [6.45, 7) is 7.50. The number of hydrogen-bond acceptors (Lipinski definition) is 4. The van der Waals surface area contributed by atoms with Crippen LogP contribution in [0.25, 0.3) is 0 Å². The number of benzene rings is 1. The minimum Gasteiger partial charge on any atom is -0.495 e. The van der Waals surface area contributed by atoms with Gasteiger partial charge in [-0.3, -0.25) is 0 Å². The largest absolute Gasteiger partial charge is 0.495 e. The first-order valence-electron chi connectivity index (χ1n) is 7.02. The van der Waals surface area contributed by atoms with Crippen LogP contribution in [0.2, 0.25) is 0 Å². The summed E-state index contributed by atoms with van der Waals surface area (Å²) in [5, 5.41) is 12.2. The Balaban J connectivity index is 2.24. The molecule has 0 bridgehead atoms. The number of ether oxygens (including phenoxy) is 2. The minimum absolute atomic E-state index is 0.563. The first-order chi connectivity index (χ1) is 9.67. The average Bonchev–Trinajstić information content (AvgIpc) is 2.45. The van der Waals surface area contributed by atoms with Crippen LogP contribution in [-0.2, 0) is 11.3 Å². The third-order valence-corrected chi connectivity index (χ3v) is 2.98. The lowest BCUT2D eigenvalue weighted by molar-refractivity contribution is 0.125. The number of hydrogen-bond donors (Lipinski definition) is 1. The molecule has 0 aliphatic carbocycles. The molecule has 0 atom stereocenters. The Hall–Kier alpha value is -1.57. The second-order valence-electron chi connectivity index (χ2n) is 5.12. The molecule has 0 amide bonds. The summed E-state index contributed by atoms with van der Waals surface area (Å²) in [5.41, 5.74) is 1.66. The first kappa shape index (κ1) is 16.5. The molecule has 0 radical (unpaired) electrons. The lowest BCUT2D eigenvalue weighted by Crippen LogP contribution is -2.19. The highest BCUT2D eigenvalue weighted by molar-refractivity contribution is 5.45. The van der Waals surface area contributed by atoms with E-state index >= 15 is 0 Å². The number of nitrogens with one attached hydrogen (secondary N) is 1. The Morgan fingerprint density at radius 1 is 1.30 bits per heavy atom. The molecule has 110 valence electrons. The molecule has 0 heterocycles. The second kappa shape index (κ2) is 9.35. The van der Waals surface area contributed by atoms with Crippen LogP contribution in [0.3, 0.4) is 0 Å². The molecule has 1 aromatic carbocycles. The predicted molar refractivity (Wildman–Crippen MR) is 79.7 cm³/mol. The van der Waals surface area contributed by atoms with Crippen LogP contribution in [0.5, 0.6) is 5.75 Å². The molecular formula is C16H24N2O2. The molecule has 4 heteroatoms. The summed E-state index contributed by atoms with van der Waals surface area (Å²) in [6, 6.07) is 7.73. The van der Waals surface area contributed by atoms with Crippen LogP contribution < -0.4 is 10.1 Å². The normalized spacial score (nSPS) is 10.6. The molecule has 1 rings (SSSR count). The van der Waals surface area contributed by atoms with E-state index in [-0.39, 0.29) is 0 Å².